The molecule has 112 valence electrons. The summed E-state index contributed by atoms with van der Waals surface area (Å²) >= 11 is 0. The largest absolute Gasteiger partial charge is 0.394 e. The number of nitrogens with one attached hydrogen (secondary N) is 1. The lowest BCUT2D eigenvalue weighted by Gasteiger charge is -2.33. The first kappa shape index (κ1) is 16.7. The average molecular weight is 294 g/mol. The van der Waals surface area contributed by atoms with Gasteiger partial charge >= 0.3 is 0 Å². The van der Waals surface area contributed by atoms with Crippen LogP contribution in [0.1, 0.15) is 6.42 Å². The maximum atomic E-state index is 12.0. The van der Waals surface area contributed by atoms with Crippen LogP contribution in [0, 0.1) is 0 Å². The quantitative estimate of drug-likeness (QED) is 0.691. The number of hydrogen-bond acceptors (Lipinski definition) is 5. The molecule has 7 heteroatoms. The topological polar surface area (TPSA) is 65.0 Å². The molecule has 1 atom stereocenters. The third-order valence-electron chi connectivity index (χ3n) is 3.54. The maximum absolute atomic E-state index is 12.0. The maximum Gasteiger partial charge on any atom is 0.223 e. The number of hydrogen-bond donors (Lipinski definition) is 2. The molecular weight excluding hydrogens is 270 g/mol. The number of piperazine rings is 1. The zero-order chi connectivity index (χ0) is 12.8. The summed E-state index contributed by atoms with van der Waals surface area (Å²) in [5.74, 6) is 0.239. The van der Waals surface area contributed by atoms with Crippen LogP contribution in [0.3, 0.4) is 0 Å². The van der Waals surface area contributed by atoms with Gasteiger partial charge in [-0.3, -0.25) is 9.69 Å². The normalized spacial score (nSPS) is 24.9. The Hall–Kier alpha value is -0.400. The number of carbonyl (C=O) groups is 1. The lowest BCUT2D eigenvalue weighted by molar-refractivity contribution is -0.132. The minimum absolute atomic E-state index is 0. The second-order valence-electron chi connectivity index (χ2n) is 4.86. The highest BCUT2D eigenvalue weighted by Crippen LogP contribution is 2.06. The number of carbonyl (C=O) groups excluding carboxylic acids is 1. The third kappa shape index (κ3) is 5.24. The van der Waals surface area contributed by atoms with Gasteiger partial charge in [-0.05, 0) is 0 Å². The molecule has 0 bridgehead atoms. The fourth-order valence-corrected chi connectivity index (χ4v) is 2.42. The number of halogens is 1. The van der Waals surface area contributed by atoms with Gasteiger partial charge in [-0.1, -0.05) is 0 Å². The summed E-state index contributed by atoms with van der Waals surface area (Å²) in [6.45, 7) is 6.49. The fraction of sp³-hybridized carbons (Fsp3) is 0.917. The molecule has 0 aliphatic carbocycles. The van der Waals surface area contributed by atoms with E-state index in [1.54, 1.807) is 0 Å². The summed E-state index contributed by atoms with van der Waals surface area (Å²) in [7, 11) is 0. The molecule has 2 saturated heterocycles. The molecule has 0 aromatic heterocycles. The number of nitrogens with zero attached hydrogens (tertiary/aromatic N) is 2. The zero-order valence-corrected chi connectivity index (χ0v) is 12.0. The van der Waals surface area contributed by atoms with E-state index in [0.717, 1.165) is 45.8 Å². The van der Waals surface area contributed by atoms with Crippen molar-refractivity contribution >= 4 is 18.3 Å². The van der Waals surface area contributed by atoms with Crippen molar-refractivity contribution in [2.45, 2.75) is 12.5 Å². The van der Waals surface area contributed by atoms with Crippen LogP contribution >= 0.6 is 12.4 Å². The van der Waals surface area contributed by atoms with Crippen LogP contribution in [0.15, 0.2) is 0 Å². The van der Waals surface area contributed by atoms with Gasteiger partial charge in [0.1, 0.15) is 0 Å². The van der Waals surface area contributed by atoms with Crippen LogP contribution in [0.2, 0.25) is 0 Å². The Bertz CT molecular complexity index is 275. The second kappa shape index (κ2) is 8.71. The molecular formula is C12H24ClN3O3. The van der Waals surface area contributed by atoms with E-state index >= 15 is 0 Å². The summed E-state index contributed by atoms with van der Waals surface area (Å²) in [5.41, 5.74) is 0. The first-order chi connectivity index (χ1) is 8.79. The zero-order valence-electron chi connectivity index (χ0n) is 11.2. The number of aliphatic hydroxyl groups excluding tert-OH is 1. The Kier molecular flexibility index (Phi) is 7.63. The van der Waals surface area contributed by atoms with Gasteiger partial charge in [0.25, 0.3) is 0 Å². The van der Waals surface area contributed by atoms with Gasteiger partial charge in [-0.15, -0.1) is 12.4 Å². The van der Waals surface area contributed by atoms with Gasteiger partial charge in [-0.25, -0.2) is 0 Å². The van der Waals surface area contributed by atoms with Gasteiger partial charge < -0.3 is 20.1 Å². The molecule has 2 aliphatic heterocycles. The first-order valence-corrected chi connectivity index (χ1v) is 6.73. The fourth-order valence-electron chi connectivity index (χ4n) is 2.42. The molecule has 2 aliphatic rings. The van der Waals surface area contributed by atoms with E-state index in [-0.39, 0.29) is 31.0 Å². The number of aliphatic hydroxyl groups is 1. The Morgan fingerprint density at radius 3 is 2.74 bits per heavy atom. The predicted octanol–water partition coefficient (Wildman–Crippen LogP) is -1.08. The van der Waals surface area contributed by atoms with Crippen molar-refractivity contribution in [3.8, 4) is 0 Å². The van der Waals surface area contributed by atoms with Crippen LogP contribution in [0.25, 0.3) is 0 Å². The van der Waals surface area contributed by atoms with Crippen molar-refractivity contribution in [3.05, 3.63) is 0 Å². The summed E-state index contributed by atoms with van der Waals surface area (Å²) < 4.78 is 5.39. The Morgan fingerprint density at radius 2 is 2.05 bits per heavy atom. The monoisotopic (exact) mass is 293 g/mol. The molecule has 1 unspecified atom stereocenters. The van der Waals surface area contributed by atoms with Crippen molar-refractivity contribution in [2.24, 2.45) is 0 Å². The predicted molar refractivity (Wildman–Crippen MR) is 74.6 cm³/mol. The van der Waals surface area contributed by atoms with E-state index < -0.39 is 0 Å². The molecule has 0 aromatic rings. The van der Waals surface area contributed by atoms with Gasteiger partial charge in [-0.2, -0.15) is 0 Å². The number of ether oxygens (including phenoxy) is 1. The summed E-state index contributed by atoms with van der Waals surface area (Å²) in [5, 5.41) is 12.3. The van der Waals surface area contributed by atoms with E-state index in [1.807, 2.05) is 4.90 Å². The van der Waals surface area contributed by atoms with Gasteiger partial charge in [0.15, 0.2) is 0 Å². The van der Waals surface area contributed by atoms with Gasteiger partial charge in [0, 0.05) is 52.2 Å². The molecule has 2 fully saturated rings. The highest BCUT2D eigenvalue weighted by atomic mass is 35.5. The van der Waals surface area contributed by atoms with Crippen LogP contribution < -0.4 is 5.32 Å². The SMILES string of the molecule is Cl.O=C(CCN1CCOC(CO)C1)N1CCNCC1. The van der Waals surface area contributed by atoms with Gasteiger partial charge in [0.05, 0.1) is 19.3 Å². The van der Waals surface area contributed by atoms with Crippen molar-refractivity contribution in [3.63, 3.8) is 0 Å². The lowest BCUT2D eigenvalue weighted by atomic mass is 10.2. The molecule has 0 spiro atoms. The number of rotatable bonds is 4. The third-order valence-corrected chi connectivity index (χ3v) is 3.54. The highest BCUT2D eigenvalue weighted by molar-refractivity contribution is 5.85. The Balaban J connectivity index is 0.00000180. The first-order valence-electron chi connectivity index (χ1n) is 6.73. The second-order valence-corrected chi connectivity index (χ2v) is 4.86. The molecule has 2 heterocycles. The molecule has 6 nitrogen and oxygen atoms in total. The standard InChI is InChI=1S/C12H23N3O3.ClH/c16-10-11-9-14(7-8-18-11)4-1-12(17)15-5-2-13-3-6-15;/h11,13,16H,1-10H2;1H. The van der Waals surface area contributed by atoms with E-state index in [1.165, 1.54) is 0 Å². The minimum Gasteiger partial charge on any atom is -0.394 e. The average Bonchev–Trinajstić information content (AvgIpc) is 2.46. The Morgan fingerprint density at radius 1 is 1.32 bits per heavy atom. The van der Waals surface area contributed by atoms with Gasteiger partial charge in [0.2, 0.25) is 5.91 Å². The number of morpholine rings is 1. The summed E-state index contributed by atoms with van der Waals surface area (Å²) in [4.78, 5) is 16.1. The molecule has 0 saturated carbocycles. The lowest BCUT2D eigenvalue weighted by Crippen LogP contribution is -2.48. The number of amides is 1. The Labute approximate surface area is 120 Å². The van der Waals surface area contributed by atoms with Crippen LogP contribution in [0.5, 0.6) is 0 Å². The van der Waals surface area contributed by atoms with Crippen LogP contribution in [0.4, 0.5) is 0 Å². The molecule has 0 aromatic carbocycles. The van der Waals surface area contributed by atoms with E-state index in [4.69, 9.17) is 9.84 Å². The van der Waals surface area contributed by atoms with Crippen molar-refractivity contribution in [2.75, 3.05) is 59.0 Å². The highest BCUT2D eigenvalue weighted by Gasteiger charge is 2.21. The van der Waals surface area contributed by atoms with E-state index in [9.17, 15) is 4.79 Å². The molecule has 2 N–H and O–H groups in total. The molecule has 1 amide bonds. The van der Waals surface area contributed by atoms with Crippen molar-refractivity contribution in [1.82, 2.24) is 15.1 Å². The van der Waals surface area contributed by atoms with E-state index in [2.05, 4.69) is 10.2 Å². The van der Waals surface area contributed by atoms with Crippen molar-refractivity contribution < 1.29 is 14.6 Å². The van der Waals surface area contributed by atoms with E-state index in [0.29, 0.717) is 13.0 Å². The molecule has 2 rings (SSSR count). The molecule has 19 heavy (non-hydrogen) atoms. The van der Waals surface area contributed by atoms with Crippen LogP contribution in [-0.4, -0.2) is 85.9 Å². The smallest absolute Gasteiger partial charge is 0.223 e. The minimum atomic E-state index is -0.0898. The van der Waals surface area contributed by atoms with Crippen molar-refractivity contribution in [1.29, 1.82) is 0 Å². The molecule has 0 radical (unpaired) electrons. The van der Waals surface area contributed by atoms with Crippen LogP contribution in [-0.2, 0) is 9.53 Å². The summed E-state index contributed by atoms with van der Waals surface area (Å²) in [6.07, 6.45) is 0.478. The summed E-state index contributed by atoms with van der Waals surface area (Å²) in [6, 6.07) is 0.